The molecule has 0 spiro atoms. The average Bonchev–Trinajstić information content (AvgIpc) is 2.14. The van der Waals surface area contributed by atoms with Crippen LogP contribution < -0.4 is 0 Å². The molecule has 1 atom stereocenters. The fourth-order valence-electron chi connectivity index (χ4n) is 0.845. The smallest absolute Gasteiger partial charge is 0.305 e. The van der Waals surface area contributed by atoms with Gasteiger partial charge in [-0.05, 0) is 13.3 Å². The zero-order chi connectivity index (χ0) is 11.2. The van der Waals surface area contributed by atoms with Gasteiger partial charge in [0.2, 0.25) is 0 Å². The lowest BCUT2D eigenvalue weighted by molar-refractivity contribution is -0.145. The van der Waals surface area contributed by atoms with E-state index in [4.69, 9.17) is 4.74 Å². The molecule has 0 N–H and O–H groups in total. The van der Waals surface area contributed by atoms with Crippen LogP contribution in [0.25, 0.3) is 0 Å². The lowest BCUT2D eigenvalue weighted by Crippen LogP contribution is -2.44. The third-order valence-corrected chi connectivity index (χ3v) is 9.83. The van der Waals surface area contributed by atoms with E-state index < -0.39 is 8.07 Å². The Morgan fingerprint density at radius 2 is 2.07 bits per heavy atom. The van der Waals surface area contributed by atoms with Gasteiger partial charge < -0.3 is 4.74 Å². The van der Waals surface area contributed by atoms with E-state index in [0.717, 1.165) is 17.8 Å². The van der Waals surface area contributed by atoms with Crippen LogP contribution in [0.4, 0.5) is 0 Å². The minimum absolute atomic E-state index is 0.0409. The van der Waals surface area contributed by atoms with Crippen LogP contribution >= 0.6 is 15.9 Å². The van der Waals surface area contributed by atoms with Gasteiger partial charge in [0.15, 0.2) is 0 Å². The van der Waals surface area contributed by atoms with E-state index in [1.807, 2.05) is 6.92 Å². The van der Waals surface area contributed by atoms with Crippen LogP contribution in [0.5, 0.6) is 0 Å². The minimum Gasteiger partial charge on any atom is -0.466 e. The molecule has 4 heteroatoms. The van der Waals surface area contributed by atoms with Crippen molar-refractivity contribution in [3.05, 3.63) is 0 Å². The number of esters is 1. The molecule has 0 aromatic carbocycles. The highest BCUT2D eigenvalue weighted by Gasteiger charge is 2.30. The maximum atomic E-state index is 11.4. The standard InChI is InChI=1S/C10H21BrO2Si/c1-5-6-7-10(12)13-9(2)14(3,4)8-11/h9H,5-8H2,1-4H3. The quantitative estimate of drug-likeness (QED) is 0.424. The van der Waals surface area contributed by atoms with Crippen molar-refractivity contribution in [1.82, 2.24) is 0 Å². The van der Waals surface area contributed by atoms with Crippen molar-refractivity contribution in [2.75, 3.05) is 4.95 Å². The fraction of sp³-hybridized carbons (Fsp3) is 0.900. The summed E-state index contributed by atoms with van der Waals surface area (Å²) in [5.41, 5.74) is 0.103. The number of unbranched alkanes of at least 4 members (excludes halogenated alkanes) is 1. The Hall–Kier alpha value is 0.167. The third kappa shape index (κ3) is 5.15. The van der Waals surface area contributed by atoms with E-state index >= 15 is 0 Å². The summed E-state index contributed by atoms with van der Waals surface area (Å²) in [5, 5.41) is 0. The normalized spacial score (nSPS) is 13.8. The Balaban J connectivity index is 3.93. The number of halogens is 1. The molecule has 0 bridgehead atoms. The van der Waals surface area contributed by atoms with E-state index in [1.54, 1.807) is 0 Å². The molecular formula is C10H21BrO2Si. The molecule has 0 amide bonds. The number of hydrogen-bond acceptors (Lipinski definition) is 2. The second kappa shape index (κ2) is 6.61. The maximum absolute atomic E-state index is 11.4. The lowest BCUT2D eigenvalue weighted by atomic mass is 10.2. The largest absolute Gasteiger partial charge is 0.466 e. The molecule has 0 aliphatic heterocycles. The Bertz CT molecular complexity index is 183. The highest BCUT2D eigenvalue weighted by molar-refractivity contribution is 9.09. The van der Waals surface area contributed by atoms with E-state index in [1.165, 1.54) is 0 Å². The molecule has 0 fully saturated rings. The number of carbonyl (C=O) groups is 1. The predicted molar refractivity (Wildman–Crippen MR) is 66.4 cm³/mol. The molecule has 0 aliphatic rings. The van der Waals surface area contributed by atoms with Crippen LogP contribution in [0.3, 0.4) is 0 Å². The Morgan fingerprint density at radius 3 is 2.50 bits per heavy atom. The monoisotopic (exact) mass is 280 g/mol. The summed E-state index contributed by atoms with van der Waals surface area (Å²) >= 11 is 3.48. The Kier molecular flexibility index (Phi) is 6.69. The Labute approximate surface area is 96.5 Å². The van der Waals surface area contributed by atoms with Crippen molar-refractivity contribution in [1.29, 1.82) is 0 Å². The van der Waals surface area contributed by atoms with Crippen molar-refractivity contribution in [3.63, 3.8) is 0 Å². The minimum atomic E-state index is -1.41. The number of carbonyl (C=O) groups excluding carboxylic acids is 1. The molecule has 0 saturated carbocycles. The van der Waals surface area contributed by atoms with Crippen LogP contribution in [-0.4, -0.2) is 24.7 Å². The molecular weight excluding hydrogens is 260 g/mol. The van der Waals surface area contributed by atoms with Gasteiger partial charge in [0.05, 0.1) is 5.73 Å². The van der Waals surface area contributed by atoms with Gasteiger partial charge in [0, 0.05) is 11.4 Å². The SMILES string of the molecule is CCCCC(=O)OC(C)[Si](C)(C)CBr. The summed E-state index contributed by atoms with van der Waals surface area (Å²) in [7, 11) is -1.41. The summed E-state index contributed by atoms with van der Waals surface area (Å²) in [4.78, 5) is 12.3. The second-order valence-electron chi connectivity index (χ2n) is 4.36. The van der Waals surface area contributed by atoms with Crippen LogP contribution in [-0.2, 0) is 9.53 Å². The van der Waals surface area contributed by atoms with Crippen LogP contribution in [0.2, 0.25) is 13.1 Å². The fourth-order valence-corrected chi connectivity index (χ4v) is 2.88. The van der Waals surface area contributed by atoms with Gasteiger partial charge in [-0.1, -0.05) is 42.4 Å². The Morgan fingerprint density at radius 1 is 1.50 bits per heavy atom. The van der Waals surface area contributed by atoms with Crippen LogP contribution in [0, 0.1) is 0 Å². The van der Waals surface area contributed by atoms with Gasteiger partial charge in [-0.15, -0.1) is 0 Å². The summed E-state index contributed by atoms with van der Waals surface area (Å²) < 4.78 is 5.40. The number of ether oxygens (including phenoxy) is 1. The topological polar surface area (TPSA) is 26.3 Å². The molecule has 0 aliphatic carbocycles. The van der Waals surface area contributed by atoms with Crippen LogP contribution in [0.15, 0.2) is 0 Å². The van der Waals surface area contributed by atoms with Gasteiger partial charge in [-0.25, -0.2) is 0 Å². The first kappa shape index (κ1) is 14.2. The summed E-state index contributed by atoms with van der Waals surface area (Å²) in [6.45, 7) is 8.53. The highest BCUT2D eigenvalue weighted by Crippen LogP contribution is 2.15. The van der Waals surface area contributed by atoms with E-state index in [9.17, 15) is 4.79 Å². The van der Waals surface area contributed by atoms with Crippen molar-refractivity contribution in [2.24, 2.45) is 0 Å². The first-order valence-electron chi connectivity index (χ1n) is 5.19. The summed E-state index contributed by atoms with van der Waals surface area (Å²) in [6, 6.07) is 0. The molecule has 0 aromatic rings. The van der Waals surface area contributed by atoms with E-state index in [0.29, 0.717) is 6.42 Å². The molecule has 0 aromatic heterocycles. The van der Waals surface area contributed by atoms with Crippen molar-refractivity contribution >= 4 is 30.0 Å². The molecule has 2 nitrogen and oxygen atoms in total. The predicted octanol–water partition coefficient (Wildman–Crippen LogP) is 3.29. The molecule has 0 heterocycles. The zero-order valence-corrected chi connectivity index (χ0v) is 12.2. The van der Waals surface area contributed by atoms with Gasteiger partial charge in [0.25, 0.3) is 0 Å². The molecule has 0 radical (unpaired) electrons. The molecule has 84 valence electrons. The number of hydrogen-bond donors (Lipinski definition) is 0. The molecule has 14 heavy (non-hydrogen) atoms. The molecule has 0 saturated heterocycles. The van der Waals surface area contributed by atoms with Gasteiger partial charge in [-0.2, -0.15) is 0 Å². The summed E-state index contributed by atoms with van der Waals surface area (Å²) in [6.07, 6.45) is 2.54. The van der Waals surface area contributed by atoms with Crippen molar-refractivity contribution in [2.45, 2.75) is 51.9 Å². The number of alkyl halides is 1. The molecule has 1 unspecified atom stereocenters. The van der Waals surface area contributed by atoms with E-state index in [2.05, 4.69) is 35.9 Å². The van der Waals surface area contributed by atoms with Crippen LogP contribution in [0.1, 0.15) is 33.1 Å². The highest BCUT2D eigenvalue weighted by atomic mass is 79.9. The first-order valence-corrected chi connectivity index (χ1v) is 9.60. The first-order chi connectivity index (χ1) is 6.44. The maximum Gasteiger partial charge on any atom is 0.305 e. The molecule has 0 rings (SSSR count). The number of rotatable bonds is 6. The zero-order valence-electron chi connectivity index (χ0n) is 9.60. The third-order valence-electron chi connectivity index (χ3n) is 2.49. The second-order valence-corrected chi connectivity index (χ2v) is 11.1. The summed E-state index contributed by atoms with van der Waals surface area (Å²) in [5.74, 6) is -0.0409. The van der Waals surface area contributed by atoms with Gasteiger partial charge >= 0.3 is 5.97 Å². The van der Waals surface area contributed by atoms with Gasteiger partial charge in [0.1, 0.15) is 8.07 Å². The van der Waals surface area contributed by atoms with Crippen molar-refractivity contribution < 1.29 is 9.53 Å². The van der Waals surface area contributed by atoms with Crippen molar-refractivity contribution in [3.8, 4) is 0 Å². The lowest BCUT2D eigenvalue weighted by Gasteiger charge is -2.27. The van der Waals surface area contributed by atoms with Gasteiger partial charge in [-0.3, -0.25) is 4.79 Å². The average molecular weight is 281 g/mol. The van der Waals surface area contributed by atoms with E-state index in [-0.39, 0.29) is 11.7 Å².